The van der Waals surface area contributed by atoms with Crippen molar-refractivity contribution in [2.45, 2.75) is 39.3 Å². The smallest absolute Gasteiger partial charge is 0.407 e. The SMILES string of the molecule is CC(C)(C)OC(=O)NCCC(=O)NCc1ccc(NC(=O)c2cccs2)cc1. The topological polar surface area (TPSA) is 96.5 Å². The van der Waals surface area contributed by atoms with Crippen molar-refractivity contribution in [3.63, 3.8) is 0 Å². The summed E-state index contributed by atoms with van der Waals surface area (Å²) in [5, 5.41) is 10.0. The van der Waals surface area contributed by atoms with E-state index in [0.717, 1.165) is 5.56 Å². The molecule has 3 N–H and O–H groups in total. The minimum absolute atomic E-state index is 0.145. The van der Waals surface area contributed by atoms with E-state index in [2.05, 4.69) is 16.0 Å². The fourth-order valence-electron chi connectivity index (χ4n) is 2.19. The Balaban J connectivity index is 1.69. The molecule has 0 unspecified atom stereocenters. The third-order valence-electron chi connectivity index (χ3n) is 3.47. The molecule has 0 atom stereocenters. The van der Waals surface area contributed by atoms with Gasteiger partial charge in [-0.3, -0.25) is 9.59 Å². The lowest BCUT2D eigenvalue weighted by Crippen LogP contribution is -2.35. The van der Waals surface area contributed by atoms with E-state index in [-0.39, 0.29) is 24.8 Å². The van der Waals surface area contributed by atoms with Gasteiger partial charge in [0.1, 0.15) is 5.60 Å². The number of carbonyl (C=O) groups is 3. The predicted octanol–water partition coefficient (Wildman–Crippen LogP) is 3.53. The molecule has 0 radical (unpaired) electrons. The average Bonchev–Trinajstić information content (AvgIpc) is 3.14. The summed E-state index contributed by atoms with van der Waals surface area (Å²) < 4.78 is 5.10. The molecular formula is C20H25N3O4S. The molecule has 2 aromatic rings. The second kappa shape index (κ2) is 9.89. The van der Waals surface area contributed by atoms with Crippen molar-refractivity contribution in [1.82, 2.24) is 10.6 Å². The third kappa shape index (κ3) is 7.79. The van der Waals surface area contributed by atoms with Crippen molar-refractivity contribution in [3.05, 3.63) is 52.2 Å². The molecule has 0 spiro atoms. The number of rotatable bonds is 7. The average molecular weight is 404 g/mol. The lowest BCUT2D eigenvalue weighted by atomic mass is 10.2. The monoisotopic (exact) mass is 403 g/mol. The predicted molar refractivity (Wildman–Crippen MR) is 109 cm³/mol. The second-order valence-electron chi connectivity index (χ2n) is 7.08. The van der Waals surface area contributed by atoms with Crippen molar-refractivity contribution in [2.75, 3.05) is 11.9 Å². The van der Waals surface area contributed by atoms with Gasteiger partial charge in [0.05, 0.1) is 4.88 Å². The standard InChI is InChI=1S/C20H25N3O4S/c1-20(2,3)27-19(26)21-11-10-17(24)22-13-14-6-8-15(9-7-14)23-18(25)16-5-4-12-28-16/h4-9,12H,10-11,13H2,1-3H3,(H,21,26)(H,22,24)(H,23,25). The van der Waals surface area contributed by atoms with Gasteiger partial charge in [-0.05, 0) is 49.9 Å². The van der Waals surface area contributed by atoms with Crippen LogP contribution in [-0.4, -0.2) is 30.1 Å². The molecule has 7 nitrogen and oxygen atoms in total. The van der Waals surface area contributed by atoms with Gasteiger partial charge in [-0.25, -0.2) is 4.79 Å². The summed E-state index contributed by atoms with van der Waals surface area (Å²) in [7, 11) is 0. The molecule has 8 heteroatoms. The van der Waals surface area contributed by atoms with Gasteiger partial charge in [0, 0.05) is 25.2 Å². The van der Waals surface area contributed by atoms with Gasteiger partial charge in [-0.15, -0.1) is 11.3 Å². The summed E-state index contributed by atoms with van der Waals surface area (Å²) in [6.07, 6.45) is -0.380. The van der Waals surface area contributed by atoms with Crippen LogP contribution >= 0.6 is 11.3 Å². The van der Waals surface area contributed by atoms with E-state index in [0.29, 0.717) is 17.1 Å². The van der Waals surface area contributed by atoms with Crippen LogP contribution in [0.15, 0.2) is 41.8 Å². The fourth-order valence-corrected chi connectivity index (χ4v) is 2.81. The van der Waals surface area contributed by atoms with Crippen LogP contribution in [0.1, 0.15) is 42.4 Å². The van der Waals surface area contributed by atoms with Crippen molar-refractivity contribution in [2.24, 2.45) is 0 Å². The Bertz CT molecular complexity index is 796. The Morgan fingerprint density at radius 1 is 1.04 bits per heavy atom. The molecule has 3 amide bonds. The number of hydrogen-bond donors (Lipinski definition) is 3. The maximum Gasteiger partial charge on any atom is 0.407 e. The first-order chi connectivity index (χ1) is 13.2. The van der Waals surface area contributed by atoms with Crippen molar-refractivity contribution in [1.29, 1.82) is 0 Å². The van der Waals surface area contributed by atoms with E-state index in [1.165, 1.54) is 11.3 Å². The van der Waals surface area contributed by atoms with Crippen molar-refractivity contribution in [3.8, 4) is 0 Å². The van der Waals surface area contributed by atoms with Crippen molar-refractivity contribution >= 4 is 34.9 Å². The maximum atomic E-state index is 12.0. The van der Waals surface area contributed by atoms with Gasteiger partial charge in [0.15, 0.2) is 0 Å². The molecule has 1 heterocycles. The molecule has 1 aromatic carbocycles. The van der Waals surface area contributed by atoms with Crippen LogP contribution in [0.25, 0.3) is 0 Å². The molecule has 0 aliphatic rings. The molecule has 150 valence electrons. The molecule has 28 heavy (non-hydrogen) atoms. The van der Waals surface area contributed by atoms with Crippen LogP contribution in [0.2, 0.25) is 0 Å². The summed E-state index contributed by atoms with van der Waals surface area (Å²) in [6, 6.07) is 10.8. The largest absolute Gasteiger partial charge is 0.444 e. The number of carbonyl (C=O) groups excluding carboxylic acids is 3. The molecule has 0 fully saturated rings. The highest BCUT2D eigenvalue weighted by Gasteiger charge is 2.15. The number of amides is 3. The van der Waals surface area contributed by atoms with Gasteiger partial charge < -0.3 is 20.7 Å². The van der Waals surface area contributed by atoms with E-state index in [1.54, 1.807) is 39.0 Å². The van der Waals surface area contributed by atoms with E-state index >= 15 is 0 Å². The van der Waals surface area contributed by atoms with Crippen molar-refractivity contribution < 1.29 is 19.1 Å². The van der Waals surface area contributed by atoms with E-state index in [4.69, 9.17) is 4.74 Å². The second-order valence-corrected chi connectivity index (χ2v) is 8.03. The maximum absolute atomic E-state index is 12.0. The Hall–Kier alpha value is -2.87. The Kier molecular flexibility index (Phi) is 7.57. The van der Waals surface area contributed by atoms with Crippen LogP contribution in [0, 0.1) is 0 Å². The van der Waals surface area contributed by atoms with Crippen LogP contribution in [0.5, 0.6) is 0 Å². The zero-order valence-corrected chi connectivity index (χ0v) is 17.0. The molecule has 0 saturated heterocycles. The molecule has 0 aliphatic heterocycles. The molecule has 2 rings (SSSR count). The van der Waals surface area contributed by atoms with Crippen LogP contribution < -0.4 is 16.0 Å². The summed E-state index contributed by atoms with van der Waals surface area (Å²) in [4.78, 5) is 36.0. The van der Waals surface area contributed by atoms with Crippen LogP contribution in [-0.2, 0) is 16.1 Å². The highest BCUT2D eigenvalue weighted by Crippen LogP contribution is 2.14. The molecule has 1 aromatic heterocycles. The zero-order chi connectivity index (χ0) is 20.6. The van der Waals surface area contributed by atoms with Gasteiger partial charge in [-0.1, -0.05) is 18.2 Å². The van der Waals surface area contributed by atoms with E-state index in [9.17, 15) is 14.4 Å². The first-order valence-electron chi connectivity index (χ1n) is 8.90. The Labute approximate surface area is 168 Å². The Morgan fingerprint density at radius 2 is 1.75 bits per heavy atom. The third-order valence-corrected chi connectivity index (χ3v) is 4.34. The first-order valence-corrected chi connectivity index (χ1v) is 9.78. The van der Waals surface area contributed by atoms with Gasteiger partial charge >= 0.3 is 6.09 Å². The number of benzene rings is 1. The van der Waals surface area contributed by atoms with E-state index < -0.39 is 11.7 Å². The normalized spacial score (nSPS) is 10.8. The zero-order valence-electron chi connectivity index (χ0n) is 16.2. The van der Waals surface area contributed by atoms with Crippen LogP contribution in [0.3, 0.4) is 0 Å². The Morgan fingerprint density at radius 3 is 2.36 bits per heavy atom. The number of alkyl carbamates (subject to hydrolysis) is 1. The lowest BCUT2D eigenvalue weighted by molar-refractivity contribution is -0.121. The molecule has 0 bridgehead atoms. The number of anilines is 1. The summed E-state index contributed by atoms with van der Waals surface area (Å²) in [6.45, 7) is 5.90. The minimum Gasteiger partial charge on any atom is -0.444 e. The molecular weight excluding hydrogens is 378 g/mol. The van der Waals surface area contributed by atoms with Crippen LogP contribution in [0.4, 0.5) is 10.5 Å². The number of hydrogen-bond acceptors (Lipinski definition) is 5. The summed E-state index contributed by atoms with van der Waals surface area (Å²) in [5.74, 6) is -0.320. The lowest BCUT2D eigenvalue weighted by Gasteiger charge is -2.19. The first kappa shape index (κ1) is 21.4. The van der Waals surface area contributed by atoms with Gasteiger partial charge in [0.2, 0.25) is 5.91 Å². The molecule has 0 aliphatic carbocycles. The number of nitrogens with one attached hydrogen (secondary N) is 3. The highest BCUT2D eigenvalue weighted by molar-refractivity contribution is 7.12. The highest BCUT2D eigenvalue weighted by atomic mass is 32.1. The van der Waals surface area contributed by atoms with Gasteiger partial charge in [-0.2, -0.15) is 0 Å². The number of ether oxygens (including phenoxy) is 1. The van der Waals surface area contributed by atoms with Gasteiger partial charge in [0.25, 0.3) is 5.91 Å². The minimum atomic E-state index is -0.568. The summed E-state index contributed by atoms with van der Waals surface area (Å²) >= 11 is 1.38. The van der Waals surface area contributed by atoms with E-state index in [1.807, 2.05) is 23.6 Å². The fraction of sp³-hybridized carbons (Fsp3) is 0.350. The number of thiophene rings is 1. The molecule has 0 saturated carbocycles. The quantitative estimate of drug-likeness (QED) is 0.659. The summed E-state index contributed by atoms with van der Waals surface area (Å²) in [5.41, 5.74) is 1.03.